The van der Waals surface area contributed by atoms with Gasteiger partial charge in [0.15, 0.2) is 0 Å². The van der Waals surface area contributed by atoms with Crippen LogP contribution in [0.25, 0.3) is 0 Å². The van der Waals surface area contributed by atoms with Crippen LogP contribution >= 0.6 is 15.9 Å². The molecule has 0 saturated carbocycles. The fourth-order valence-electron chi connectivity index (χ4n) is 1.39. The van der Waals surface area contributed by atoms with Crippen molar-refractivity contribution in [3.8, 4) is 0 Å². The number of rotatable bonds is 5. The number of hydrogen-bond acceptors (Lipinski definition) is 4. The summed E-state index contributed by atoms with van der Waals surface area (Å²) in [5.74, 6) is -0.343. The highest BCUT2D eigenvalue weighted by molar-refractivity contribution is 9.10. The van der Waals surface area contributed by atoms with Crippen molar-refractivity contribution in [3.63, 3.8) is 0 Å². The van der Waals surface area contributed by atoms with E-state index in [1.807, 2.05) is 0 Å². The molecular weight excluding hydrogens is 290 g/mol. The smallest absolute Gasteiger partial charge is 0.306 e. The Morgan fingerprint density at radius 1 is 1.53 bits per heavy atom. The molecule has 17 heavy (non-hydrogen) atoms. The first-order chi connectivity index (χ1) is 8.04. The number of carbonyl (C=O) groups is 1. The van der Waals surface area contributed by atoms with Gasteiger partial charge in [0.1, 0.15) is 0 Å². The number of esters is 1. The summed E-state index contributed by atoms with van der Waals surface area (Å²) in [6.07, 6.45) is 0.457. The van der Waals surface area contributed by atoms with Crippen molar-refractivity contribution < 1.29 is 14.5 Å². The van der Waals surface area contributed by atoms with E-state index in [4.69, 9.17) is 4.74 Å². The summed E-state index contributed by atoms with van der Waals surface area (Å²) in [5, 5.41) is 10.8. The fourth-order valence-corrected chi connectivity index (χ4v) is 1.74. The standard InChI is InChI=1S/C11H12BrNO4/c1-2-17-11(14)6-4-8-3-5-9(12)7-10(8)13(15)16/h3,5,7H,2,4,6H2,1H3. The highest BCUT2D eigenvalue weighted by Crippen LogP contribution is 2.24. The van der Waals surface area contributed by atoms with Crippen molar-refractivity contribution in [1.29, 1.82) is 0 Å². The van der Waals surface area contributed by atoms with Crippen molar-refractivity contribution in [2.75, 3.05) is 6.61 Å². The maximum atomic E-state index is 11.2. The molecule has 0 spiro atoms. The second-order valence-corrected chi connectivity index (χ2v) is 4.25. The van der Waals surface area contributed by atoms with Gasteiger partial charge in [-0.1, -0.05) is 22.0 Å². The number of benzene rings is 1. The Kier molecular flexibility index (Phi) is 5.09. The van der Waals surface area contributed by atoms with Gasteiger partial charge < -0.3 is 4.74 Å². The average molecular weight is 302 g/mol. The van der Waals surface area contributed by atoms with E-state index in [9.17, 15) is 14.9 Å². The minimum atomic E-state index is -0.453. The number of nitro groups is 1. The molecule has 0 radical (unpaired) electrons. The Bertz CT molecular complexity index is 433. The van der Waals surface area contributed by atoms with Crippen LogP contribution in [-0.2, 0) is 16.0 Å². The molecule has 1 aromatic carbocycles. The van der Waals surface area contributed by atoms with E-state index in [-0.39, 0.29) is 18.1 Å². The molecule has 0 aliphatic rings. The summed E-state index contributed by atoms with van der Waals surface area (Å²) in [6.45, 7) is 2.04. The second-order valence-electron chi connectivity index (χ2n) is 3.34. The predicted molar refractivity (Wildman–Crippen MR) is 65.8 cm³/mol. The zero-order chi connectivity index (χ0) is 12.8. The van der Waals surface area contributed by atoms with Gasteiger partial charge in [0, 0.05) is 22.5 Å². The molecule has 0 fully saturated rings. The highest BCUT2D eigenvalue weighted by Gasteiger charge is 2.15. The lowest BCUT2D eigenvalue weighted by Gasteiger charge is -2.03. The van der Waals surface area contributed by atoms with Crippen LogP contribution < -0.4 is 0 Å². The van der Waals surface area contributed by atoms with Crippen LogP contribution in [0.5, 0.6) is 0 Å². The molecule has 0 unspecified atom stereocenters. The Morgan fingerprint density at radius 2 is 2.24 bits per heavy atom. The first kappa shape index (κ1) is 13.6. The molecule has 5 nitrogen and oxygen atoms in total. The van der Waals surface area contributed by atoms with Crippen LogP contribution in [0.4, 0.5) is 5.69 Å². The van der Waals surface area contributed by atoms with Gasteiger partial charge in [-0.05, 0) is 19.4 Å². The molecule has 0 aliphatic carbocycles. The molecule has 0 aliphatic heterocycles. The Labute approximate surface area is 107 Å². The van der Waals surface area contributed by atoms with E-state index in [1.54, 1.807) is 19.1 Å². The topological polar surface area (TPSA) is 69.4 Å². The van der Waals surface area contributed by atoms with Gasteiger partial charge in [0.05, 0.1) is 11.5 Å². The number of nitro benzene ring substituents is 1. The number of nitrogens with zero attached hydrogens (tertiary/aromatic N) is 1. The maximum absolute atomic E-state index is 11.2. The first-order valence-corrected chi connectivity index (χ1v) is 5.92. The summed E-state index contributed by atoms with van der Waals surface area (Å²) in [7, 11) is 0. The Hall–Kier alpha value is -1.43. The van der Waals surface area contributed by atoms with Crippen LogP contribution in [0.15, 0.2) is 22.7 Å². The van der Waals surface area contributed by atoms with Crippen molar-refractivity contribution in [1.82, 2.24) is 0 Å². The number of aryl methyl sites for hydroxylation is 1. The molecule has 1 rings (SSSR count). The van der Waals surface area contributed by atoms with E-state index >= 15 is 0 Å². The Balaban J connectivity index is 2.77. The van der Waals surface area contributed by atoms with Crippen molar-refractivity contribution in [2.24, 2.45) is 0 Å². The van der Waals surface area contributed by atoms with Gasteiger partial charge in [-0.25, -0.2) is 0 Å². The summed E-state index contributed by atoms with van der Waals surface area (Å²) < 4.78 is 5.41. The predicted octanol–water partition coefficient (Wildman–Crippen LogP) is 2.85. The fraction of sp³-hybridized carbons (Fsp3) is 0.364. The number of hydrogen-bond donors (Lipinski definition) is 0. The average Bonchev–Trinajstić information content (AvgIpc) is 2.27. The molecule has 0 saturated heterocycles. The molecule has 6 heteroatoms. The quantitative estimate of drug-likeness (QED) is 0.476. The lowest BCUT2D eigenvalue weighted by atomic mass is 10.1. The molecular formula is C11H12BrNO4. The molecule has 0 bridgehead atoms. The highest BCUT2D eigenvalue weighted by atomic mass is 79.9. The molecule has 0 N–H and O–H groups in total. The third-order valence-electron chi connectivity index (χ3n) is 2.15. The molecule has 0 aromatic heterocycles. The van der Waals surface area contributed by atoms with Gasteiger partial charge in [-0.3, -0.25) is 14.9 Å². The normalized spacial score (nSPS) is 10.0. The van der Waals surface area contributed by atoms with Gasteiger partial charge in [-0.15, -0.1) is 0 Å². The number of ether oxygens (including phenoxy) is 1. The van der Waals surface area contributed by atoms with E-state index in [1.165, 1.54) is 6.07 Å². The van der Waals surface area contributed by atoms with Crippen molar-refractivity contribution >= 4 is 27.6 Å². The van der Waals surface area contributed by atoms with Crippen LogP contribution in [0.3, 0.4) is 0 Å². The zero-order valence-corrected chi connectivity index (χ0v) is 10.9. The van der Waals surface area contributed by atoms with Crippen LogP contribution in [0.2, 0.25) is 0 Å². The first-order valence-electron chi connectivity index (χ1n) is 5.13. The van der Waals surface area contributed by atoms with Crippen molar-refractivity contribution in [2.45, 2.75) is 19.8 Å². The largest absolute Gasteiger partial charge is 0.466 e. The molecule has 0 amide bonds. The van der Waals surface area contributed by atoms with E-state index in [0.29, 0.717) is 23.1 Å². The Morgan fingerprint density at radius 3 is 2.82 bits per heavy atom. The number of carbonyl (C=O) groups excluding carboxylic acids is 1. The lowest BCUT2D eigenvalue weighted by molar-refractivity contribution is -0.385. The van der Waals surface area contributed by atoms with E-state index in [0.717, 1.165) is 0 Å². The molecule has 1 aromatic rings. The van der Waals surface area contributed by atoms with Crippen LogP contribution in [-0.4, -0.2) is 17.5 Å². The van der Waals surface area contributed by atoms with Gasteiger partial charge in [0.25, 0.3) is 5.69 Å². The summed E-state index contributed by atoms with van der Waals surface area (Å²) in [6, 6.07) is 4.79. The summed E-state index contributed by atoms with van der Waals surface area (Å²) in [4.78, 5) is 21.5. The van der Waals surface area contributed by atoms with Crippen molar-refractivity contribution in [3.05, 3.63) is 38.3 Å². The van der Waals surface area contributed by atoms with Gasteiger partial charge in [0.2, 0.25) is 0 Å². The van der Waals surface area contributed by atoms with E-state index in [2.05, 4.69) is 15.9 Å². The third-order valence-corrected chi connectivity index (χ3v) is 2.64. The third kappa shape index (κ3) is 4.14. The molecule has 92 valence electrons. The second kappa shape index (κ2) is 6.34. The van der Waals surface area contributed by atoms with Crippen LogP contribution in [0.1, 0.15) is 18.9 Å². The summed E-state index contributed by atoms with van der Waals surface area (Å²) >= 11 is 3.17. The minimum absolute atomic E-state index is 0.0173. The van der Waals surface area contributed by atoms with Crippen LogP contribution in [0, 0.1) is 10.1 Å². The summed E-state index contributed by atoms with van der Waals surface area (Å²) in [5.41, 5.74) is 0.551. The van der Waals surface area contributed by atoms with Gasteiger partial charge in [-0.2, -0.15) is 0 Å². The number of halogens is 1. The van der Waals surface area contributed by atoms with E-state index < -0.39 is 4.92 Å². The monoisotopic (exact) mass is 301 g/mol. The van der Waals surface area contributed by atoms with Gasteiger partial charge >= 0.3 is 5.97 Å². The maximum Gasteiger partial charge on any atom is 0.306 e. The molecule has 0 atom stereocenters. The SMILES string of the molecule is CCOC(=O)CCc1ccc(Br)cc1[N+](=O)[O-]. The molecule has 0 heterocycles. The minimum Gasteiger partial charge on any atom is -0.466 e. The lowest BCUT2D eigenvalue weighted by Crippen LogP contribution is -2.06. The zero-order valence-electron chi connectivity index (χ0n) is 9.31.